The number of rotatable bonds is 1. The van der Waals surface area contributed by atoms with Crippen LogP contribution >= 0.6 is 0 Å². The van der Waals surface area contributed by atoms with Gasteiger partial charge in [0.25, 0.3) is 0 Å². The van der Waals surface area contributed by atoms with Crippen LogP contribution in [0.5, 0.6) is 11.5 Å². The minimum atomic E-state index is -0.471. The largest absolute Gasteiger partial charge is 0.502 e. The molecule has 4 heteroatoms. The van der Waals surface area contributed by atoms with Crippen LogP contribution in [0, 0.1) is 0 Å². The van der Waals surface area contributed by atoms with E-state index in [9.17, 15) is 9.90 Å². The molecule has 0 saturated carbocycles. The van der Waals surface area contributed by atoms with Crippen LogP contribution in [0.3, 0.4) is 0 Å². The SMILES string of the molecule is COc1ccc2c(oc(=O)c3ccccc32)c1O. The molecule has 1 heterocycles. The Morgan fingerprint density at radius 1 is 1.06 bits per heavy atom. The second kappa shape index (κ2) is 3.77. The number of hydrogen-bond donors (Lipinski definition) is 1. The van der Waals surface area contributed by atoms with Crippen LogP contribution in [-0.4, -0.2) is 12.2 Å². The van der Waals surface area contributed by atoms with Crippen LogP contribution in [0.2, 0.25) is 0 Å². The summed E-state index contributed by atoms with van der Waals surface area (Å²) in [7, 11) is 1.44. The summed E-state index contributed by atoms with van der Waals surface area (Å²) < 4.78 is 10.2. The second-order valence-electron chi connectivity index (χ2n) is 3.93. The molecule has 0 aliphatic heterocycles. The zero-order valence-corrected chi connectivity index (χ0v) is 9.64. The highest BCUT2D eigenvalue weighted by atomic mass is 16.5. The van der Waals surface area contributed by atoms with E-state index in [-0.39, 0.29) is 17.1 Å². The van der Waals surface area contributed by atoms with Gasteiger partial charge in [-0.2, -0.15) is 0 Å². The maximum absolute atomic E-state index is 11.8. The minimum absolute atomic E-state index is 0.151. The first-order valence-electron chi connectivity index (χ1n) is 5.44. The topological polar surface area (TPSA) is 59.7 Å². The maximum Gasteiger partial charge on any atom is 0.344 e. The Balaban J connectivity index is 2.58. The van der Waals surface area contributed by atoms with E-state index in [1.165, 1.54) is 7.11 Å². The quantitative estimate of drug-likeness (QED) is 0.526. The van der Waals surface area contributed by atoms with Gasteiger partial charge < -0.3 is 14.3 Å². The molecule has 2 aromatic carbocycles. The highest BCUT2D eigenvalue weighted by Crippen LogP contribution is 2.36. The molecular weight excluding hydrogens is 232 g/mol. The van der Waals surface area contributed by atoms with Crippen LogP contribution in [0.1, 0.15) is 0 Å². The van der Waals surface area contributed by atoms with Gasteiger partial charge in [-0.15, -0.1) is 0 Å². The third-order valence-electron chi connectivity index (χ3n) is 2.95. The molecule has 18 heavy (non-hydrogen) atoms. The van der Waals surface area contributed by atoms with E-state index in [2.05, 4.69) is 0 Å². The van der Waals surface area contributed by atoms with E-state index in [4.69, 9.17) is 9.15 Å². The Kier molecular flexibility index (Phi) is 2.23. The summed E-state index contributed by atoms with van der Waals surface area (Å²) >= 11 is 0. The summed E-state index contributed by atoms with van der Waals surface area (Å²) in [5.41, 5.74) is -0.320. The predicted octanol–water partition coefficient (Wildman–Crippen LogP) is 2.66. The molecule has 0 bridgehead atoms. The standard InChI is InChI=1S/C14H10O4/c1-17-11-7-6-9-8-4-2-3-5-10(8)14(16)18-13(9)12(11)15/h2-7,15H,1H3. The van der Waals surface area contributed by atoms with Crippen LogP contribution in [0.4, 0.5) is 0 Å². The van der Waals surface area contributed by atoms with Crippen molar-refractivity contribution in [2.45, 2.75) is 0 Å². The lowest BCUT2D eigenvalue weighted by atomic mass is 10.1. The Hall–Kier alpha value is -2.49. The molecule has 0 amide bonds. The molecule has 0 unspecified atom stereocenters. The zero-order chi connectivity index (χ0) is 12.7. The van der Waals surface area contributed by atoms with Crippen molar-refractivity contribution in [2.24, 2.45) is 0 Å². The van der Waals surface area contributed by atoms with Gasteiger partial charge in [0, 0.05) is 10.8 Å². The maximum atomic E-state index is 11.8. The summed E-state index contributed by atoms with van der Waals surface area (Å²) in [5.74, 6) is 0.124. The molecule has 0 spiro atoms. The van der Waals surface area contributed by atoms with E-state index >= 15 is 0 Å². The fourth-order valence-corrected chi connectivity index (χ4v) is 2.08. The van der Waals surface area contributed by atoms with Gasteiger partial charge in [-0.3, -0.25) is 0 Å². The van der Waals surface area contributed by atoms with Crippen molar-refractivity contribution in [3.63, 3.8) is 0 Å². The van der Waals surface area contributed by atoms with Crippen molar-refractivity contribution in [3.05, 3.63) is 46.8 Å². The van der Waals surface area contributed by atoms with Gasteiger partial charge in [0.05, 0.1) is 12.5 Å². The fourth-order valence-electron chi connectivity index (χ4n) is 2.08. The lowest BCUT2D eigenvalue weighted by molar-refractivity contribution is 0.370. The molecule has 3 aromatic rings. The van der Waals surface area contributed by atoms with Crippen molar-refractivity contribution in [1.82, 2.24) is 0 Å². The normalized spacial score (nSPS) is 10.9. The average Bonchev–Trinajstić information content (AvgIpc) is 2.41. The molecular formula is C14H10O4. The Morgan fingerprint density at radius 2 is 1.78 bits per heavy atom. The Labute approximate surface area is 102 Å². The van der Waals surface area contributed by atoms with Crippen LogP contribution in [0.15, 0.2) is 45.6 Å². The van der Waals surface area contributed by atoms with E-state index in [0.29, 0.717) is 10.8 Å². The molecule has 0 fully saturated rings. The number of phenolic OH excluding ortho intramolecular Hbond substituents is 1. The van der Waals surface area contributed by atoms with Crippen molar-refractivity contribution < 1.29 is 14.3 Å². The van der Waals surface area contributed by atoms with Gasteiger partial charge in [-0.1, -0.05) is 18.2 Å². The number of aromatic hydroxyl groups is 1. The van der Waals surface area contributed by atoms with Gasteiger partial charge >= 0.3 is 5.63 Å². The molecule has 1 N–H and O–H groups in total. The molecule has 3 rings (SSSR count). The van der Waals surface area contributed by atoms with Crippen molar-refractivity contribution in [3.8, 4) is 11.5 Å². The zero-order valence-electron chi connectivity index (χ0n) is 9.64. The van der Waals surface area contributed by atoms with Crippen LogP contribution < -0.4 is 10.4 Å². The van der Waals surface area contributed by atoms with E-state index < -0.39 is 5.63 Å². The van der Waals surface area contributed by atoms with E-state index in [1.807, 2.05) is 12.1 Å². The number of hydrogen-bond acceptors (Lipinski definition) is 4. The predicted molar refractivity (Wildman–Crippen MR) is 68.2 cm³/mol. The molecule has 1 aromatic heterocycles. The van der Waals surface area contributed by atoms with Gasteiger partial charge in [0.15, 0.2) is 11.3 Å². The first kappa shape index (κ1) is 10.7. The number of ether oxygens (including phenoxy) is 1. The summed E-state index contributed by atoms with van der Waals surface area (Å²) in [4.78, 5) is 11.8. The third-order valence-corrected chi connectivity index (χ3v) is 2.95. The minimum Gasteiger partial charge on any atom is -0.502 e. The highest BCUT2D eigenvalue weighted by molar-refractivity contribution is 6.06. The van der Waals surface area contributed by atoms with Crippen molar-refractivity contribution >= 4 is 21.7 Å². The fraction of sp³-hybridized carbons (Fsp3) is 0.0714. The van der Waals surface area contributed by atoms with Gasteiger partial charge in [-0.25, -0.2) is 4.79 Å². The second-order valence-corrected chi connectivity index (χ2v) is 3.93. The van der Waals surface area contributed by atoms with Gasteiger partial charge in [0.2, 0.25) is 5.75 Å². The molecule has 90 valence electrons. The van der Waals surface area contributed by atoms with Crippen molar-refractivity contribution in [2.75, 3.05) is 7.11 Å². The Bertz CT molecular complexity index is 802. The number of phenols is 1. The summed E-state index contributed by atoms with van der Waals surface area (Å²) in [5, 5.41) is 11.9. The lowest BCUT2D eigenvalue weighted by Gasteiger charge is -2.07. The molecule has 0 radical (unpaired) electrons. The first-order valence-corrected chi connectivity index (χ1v) is 5.44. The summed E-state index contributed by atoms with van der Waals surface area (Å²) in [6, 6.07) is 10.5. The van der Waals surface area contributed by atoms with Crippen molar-refractivity contribution in [1.29, 1.82) is 0 Å². The first-order chi connectivity index (χ1) is 8.72. The molecule has 0 saturated heterocycles. The van der Waals surface area contributed by atoms with E-state index in [0.717, 1.165) is 5.39 Å². The average molecular weight is 242 g/mol. The smallest absolute Gasteiger partial charge is 0.344 e. The third kappa shape index (κ3) is 1.35. The number of fused-ring (bicyclic) bond motifs is 3. The highest BCUT2D eigenvalue weighted by Gasteiger charge is 2.13. The monoisotopic (exact) mass is 242 g/mol. The van der Waals surface area contributed by atoms with Crippen LogP contribution in [-0.2, 0) is 0 Å². The molecule has 0 atom stereocenters. The Morgan fingerprint density at radius 3 is 2.50 bits per heavy atom. The summed E-state index contributed by atoms with van der Waals surface area (Å²) in [6.07, 6.45) is 0. The van der Waals surface area contributed by atoms with Gasteiger partial charge in [0.1, 0.15) is 0 Å². The molecule has 0 aliphatic carbocycles. The van der Waals surface area contributed by atoms with Crippen LogP contribution in [0.25, 0.3) is 21.7 Å². The summed E-state index contributed by atoms with van der Waals surface area (Å²) in [6.45, 7) is 0. The lowest BCUT2D eigenvalue weighted by Crippen LogP contribution is -1.99. The van der Waals surface area contributed by atoms with Gasteiger partial charge in [-0.05, 0) is 18.2 Å². The molecule has 4 nitrogen and oxygen atoms in total. The van der Waals surface area contributed by atoms with E-state index in [1.54, 1.807) is 24.3 Å². The number of benzene rings is 2. The molecule has 0 aliphatic rings. The number of methoxy groups -OCH3 is 1.